The van der Waals surface area contributed by atoms with Crippen molar-refractivity contribution < 1.29 is 19.4 Å². The number of carbonyl (C=O) groups excluding carboxylic acids is 1. The number of hydrogen-bond donors (Lipinski definition) is 2. The van der Waals surface area contributed by atoms with Gasteiger partial charge in [-0.15, -0.1) is 12.4 Å². The molecule has 102 valence electrons. The van der Waals surface area contributed by atoms with Crippen LogP contribution < -0.4 is 10.5 Å². The van der Waals surface area contributed by atoms with Crippen molar-refractivity contribution in [2.24, 2.45) is 5.73 Å². The van der Waals surface area contributed by atoms with Crippen LogP contribution in [0.5, 0.6) is 11.5 Å². The van der Waals surface area contributed by atoms with E-state index in [0.717, 1.165) is 0 Å². The quantitative estimate of drug-likeness (QED) is 0.801. The standard InChI is InChI=1S/C12H17NO4.ClH/c1-3-17-12(15)7-10(13)9-6-8(16-2)4-5-11(9)14;/h4-6,10,14H,3,7,13H2,1-2H3;1H/t10-;/m1./s1. The van der Waals surface area contributed by atoms with Gasteiger partial charge in [0, 0.05) is 11.6 Å². The number of carbonyl (C=O) groups is 1. The molecule has 18 heavy (non-hydrogen) atoms. The van der Waals surface area contributed by atoms with Crippen LogP contribution in [0.3, 0.4) is 0 Å². The number of methoxy groups -OCH3 is 1. The molecule has 1 rings (SSSR count). The molecule has 1 aromatic carbocycles. The topological polar surface area (TPSA) is 81.8 Å². The molecule has 3 N–H and O–H groups in total. The molecule has 0 aliphatic rings. The fourth-order valence-electron chi connectivity index (χ4n) is 1.47. The number of phenolic OH excluding ortho intramolecular Hbond substituents is 1. The van der Waals surface area contributed by atoms with Crippen molar-refractivity contribution in [1.82, 2.24) is 0 Å². The minimum Gasteiger partial charge on any atom is -0.508 e. The molecular formula is C12H18ClNO4. The smallest absolute Gasteiger partial charge is 0.307 e. The highest BCUT2D eigenvalue weighted by Gasteiger charge is 2.16. The largest absolute Gasteiger partial charge is 0.508 e. The lowest BCUT2D eigenvalue weighted by atomic mass is 10.0. The van der Waals surface area contributed by atoms with E-state index in [1.165, 1.54) is 13.2 Å². The molecule has 0 saturated carbocycles. The fourth-order valence-corrected chi connectivity index (χ4v) is 1.47. The molecule has 0 radical (unpaired) electrons. The molecule has 1 atom stereocenters. The number of ether oxygens (including phenoxy) is 2. The molecule has 1 aromatic rings. The van der Waals surface area contributed by atoms with Crippen molar-refractivity contribution in [3.05, 3.63) is 23.8 Å². The van der Waals surface area contributed by atoms with E-state index < -0.39 is 6.04 Å². The van der Waals surface area contributed by atoms with Crippen LogP contribution in [0.1, 0.15) is 24.9 Å². The summed E-state index contributed by atoms with van der Waals surface area (Å²) in [6, 6.07) is 4.11. The summed E-state index contributed by atoms with van der Waals surface area (Å²) in [5, 5.41) is 9.66. The monoisotopic (exact) mass is 275 g/mol. The Bertz CT molecular complexity index is 398. The highest BCUT2D eigenvalue weighted by molar-refractivity contribution is 5.85. The molecule has 0 aliphatic carbocycles. The summed E-state index contributed by atoms with van der Waals surface area (Å²) in [6.07, 6.45) is 0.0224. The zero-order chi connectivity index (χ0) is 12.8. The summed E-state index contributed by atoms with van der Waals surface area (Å²) in [5.74, 6) is 0.238. The van der Waals surface area contributed by atoms with Crippen molar-refractivity contribution in [1.29, 1.82) is 0 Å². The van der Waals surface area contributed by atoms with Gasteiger partial charge in [0.2, 0.25) is 0 Å². The lowest BCUT2D eigenvalue weighted by molar-refractivity contribution is -0.143. The van der Waals surface area contributed by atoms with Gasteiger partial charge in [0.15, 0.2) is 0 Å². The third kappa shape index (κ3) is 4.43. The summed E-state index contributed by atoms with van der Waals surface area (Å²) >= 11 is 0. The van der Waals surface area contributed by atoms with Gasteiger partial charge in [-0.05, 0) is 25.1 Å². The average molecular weight is 276 g/mol. The van der Waals surface area contributed by atoms with E-state index in [1.807, 2.05) is 0 Å². The SMILES string of the molecule is CCOC(=O)C[C@@H](N)c1cc(OC)ccc1O.Cl. The molecule has 0 heterocycles. The second-order valence-electron chi connectivity index (χ2n) is 3.54. The number of nitrogens with two attached hydrogens (primary N) is 1. The highest BCUT2D eigenvalue weighted by atomic mass is 35.5. The maximum absolute atomic E-state index is 11.3. The van der Waals surface area contributed by atoms with E-state index >= 15 is 0 Å². The van der Waals surface area contributed by atoms with Crippen LogP contribution >= 0.6 is 12.4 Å². The predicted octanol–water partition coefficient (Wildman–Crippen LogP) is 1.78. The zero-order valence-electron chi connectivity index (χ0n) is 10.4. The molecule has 0 bridgehead atoms. The number of hydrogen-bond acceptors (Lipinski definition) is 5. The lowest BCUT2D eigenvalue weighted by Crippen LogP contribution is -2.17. The second kappa shape index (κ2) is 7.79. The minimum absolute atomic E-state index is 0. The second-order valence-corrected chi connectivity index (χ2v) is 3.54. The summed E-state index contributed by atoms with van der Waals surface area (Å²) in [4.78, 5) is 11.3. The molecular weight excluding hydrogens is 258 g/mol. The van der Waals surface area contributed by atoms with Crippen LogP contribution in [0, 0.1) is 0 Å². The Labute approximate surface area is 112 Å². The number of phenols is 1. The van der Waals surface area contributed by atoms with Gasteiger partial charge >= 0.3 is 5.97 Å². The maximum Gasteiger partial charge on any atom is 0.307 e. The predicted molar refractivity (Wildman–Crippen MR) is 70.1 cm³/mol. The number of halogens is 1. The summed E-state index contributed by atoms with van der Waals surface area (Å²) in [5.41, 5.74) is 6.30. The third-order valence-electron chi connectivity index (χ3n) is 2.33. The van der Waals surface area contributed by atoms with Gasteiger partial charge < -0.3 is 20.3 Å². The first-order valence-corrected chi connectivity index (χ1v) is 5.36. The molecule has 0 spiro atoms. The zero-order valence-corrected chi connectivity index (χ0v) is 11.2. The van der Waals surface area contributed by atoms with Crippen LogP contribution in [-0.4, -0.2) is 24.8 Å². The van der Waals surface area contributed by atoms with Crippen LogP contribution in [0.15, 0.2) is 18.2 Å². The number of esters is 1. The van der Waals surface area contributed by atoms with Crippen LogP contribution in [0.2, 0.25) is 0 Å². The van der Waals surface area contributed by atoms with E-state index in [-0.39, 0.29) is 30.5 Å². The fraction of sp³-hybridized carbons (Fsp3) is 0.417. The Morgan fingerprint density at radius 3 is 2.72 bits per heavy atom. The Kier molecular flexibility index (Phi) is 7.16. The summed E-state index contributed by atoms with van der Waals surface area (Å²) < 4.78 is 9.83. The average Bonchev–Trinajstić information content (AvgIpc) is 2.29. The molecule has 5 nitrogen and oxygen atoms in total. The first-order chi connectivity index (χ1) is 8.08. The van der Waals surface area contributed by atoms with Crippen LogP contribution in [0.25, 0.3) is 0 Å². The van der Waals surface area contributed by atoms with E-state index in [9.17, 15) is 9.90 Å². The van der Waals surface area contributed by atoms with Crippen molar-refractivity contribution >= 4 is 18.4 Å². The third-order valence-corrected chi connectivity index (χ3v) is 2.33. The Balaban J connectivity index is 0.00000289. The molecule has 0 aliphatic heterocycles. The van der Waals surface area contributed by atoms with Crippen LogP contribution in [-0.2, 0) is 9.53 Å². The Morgan fingerprint density at radius 1 is 1.50 bits per heavy atom. The Morgan fingerprint density at radius 2 is 2.17 bits per heavy atom. The van der Waals surface area contributed by atoms with Gasteiger partial charge in [-0.2, -0.15) is 0 Å². The van der Waals surface area contributed by atoms with E-state index in [0.29, 0.717) is 17.9 Å². The van der Waals surface area contributed by atoms with Crippen LogP contribution in [0.4, 0.5) is 0 Å². The van der Waals surface area contributed by atoms with Gasteiger partial charge in [0.1, 0.15) is 11.5 Å². The molecule has 0 amide bonds. The molecule has 0 saturated heterocycles. The normalized spacial score (nSPS) is 11.3. The van der Waals surface area contributed by atoms with Gasteiger partial charge in [-0.25, -0.2) is 0 Å². The molecule has 0 aromatic heterocycles. The summed E-state index contributed by atoms with van der Waals surface area (Å²) in [7, 11) is 1.52. The minimum atomic E-state index is -0.607. The highest BCUT2D eigenvalue weighted by Crippen LogP contribution is 2.28. The molecule has 6 heteroatoms. The van der Waals surface area contributed by atoms with Crippen molar-refractivity contribution in [2.75, 3.05) is 13.7 Å². The number of rotatable bonds is 5. The van der Waals surface area contributed by atoms with E-state index in [4.69, 9.17) is 15.2 Å². The van der Waals surface area contributed by atoms with Crippen molar-refractivity contribution in [2.45, 2.75) is 19.4 Å². The van der Waals surface area contributed by atoms with Crippen molar-refractivity contribution in [3.8, 4) is 11.5 Å². The summed E-state index contributed by atoms with van der Waals surface area (Å²) in [6.45, 7) is 2.04. The Hall–Kier alpha value is -1.46. The molecule has 0 fully saturated rings. The van der Waals surface area contributed by atoms with E-state index in [1.54, 1.807) is 19.1 Å². The van der Waals surface area contributed by atoms with Gasteiger partial charge in [-0.3, -0.25) is 4.79 Å². The van der Waals surface area contributed by atoms with Gasteiger partial charge in [0.25, 0.3) is 0 Å². The number of aromatic hydroxyl groups is 1. The lowest BCUT2D eigenvalue weighted by Gasteiger charge is -2.14. The first-order valence-electron chi connectivity index (χ1n) is 5.36. The molecule has 0 unspecified atom stereocenters. The number of benzene rings is 1. The van der Waals surface area contributed by atoms with Gasteiger partial charge in [0.05, 0.1) is 20.1 Å². The van der Waals surface area contributed by atoms with Gasteiger partial charge in [-0.1, -0.05) is 0 Å². The van der Waals surface area contributed by atoms with Crippen molar-refractivity contribution in [3.63, 3.8) is 0 Å². The van der Waals surface area contributed by atoms with E-state index in [2.05, 4.69) is 0 Å². The first kappa shape index (κ1) is 16.5. The maximum atomic E-state index is 11.3.